The summed E-state index contributed by atoms with van der Waals surface area (Å²) in [6.45, 7) is 4.07. The monoisotopic (exact) mass is 309 g/mol. The Balaban J connectivity index is 0.00000161. The van der Waals surface area contributed by atoms with Crippen LogP contribution in [0.4, 0.5) is 0 Å². The number of likely N-dealkylation sites (tertiary alicyclic amines) is 1. The molecule has 3 rings (SSSR count). The molecule has 21 heavy (non-hydrogen) atoms. The molecule has 1 aromatic rings. The van der Waals surface area contributed by atoms with Gasteiger partial charge in [-0.1, -0.05) is 36.6 Å². The standard InChI is InChI=1S/C18H27ClN.H2O/c1-20(13-5-2-6-14-20)15-18(11-3-4-12-18)16-7-9-17(19)10-8-16;/h7-10H,2-6,11-15H2,1H3;1H2/q+1;/p-1. The van der Waals surface area contributed by atoms with Crippen LogP contribution in [0.2, 0.25) is 5.02 Å². The van der Waals surface area contributed by atoms with E-state index in [1.807, 2.05) is 0 Å². The van der Waals surface area contributed by atoms with Crippen LogP contribution >= 0.6 is 11.6 Å². The Morgan fingerprint density at radius 2 is 1.52 bits per heavy atom. The molecule has 2 aliphatic rings. The number of hydrogen-bond acceptors (Lipinski definition) is 1. The molecule has 0 aromatic heterocycles. The molecule has 0 atom stereocenters. The molecule has 0 radical (unpaired) electrons. The molecule has 2 fully saturated rings. The fourth-order valence-corrected chi connectivity index (χ4v) is 4.68. The zero-order valence-corrected chi connectivity index (χ0v) is 13.9. The molecule has 1 N–H and O–H groups in total. The first-order valence-corrected chi connectivity index (χ1v) is 8.59. The fourth-order valence-electron chi connectivity index (χ4n) is 4.56. The number of likely N-dealkylation sites (N-methyl/N-ethyl adjacent to an activating group) is 1. The first kappa shape index (κ1) is 16.8. The lowest BCUT2D eigenvalue weighted by Crippen LogP contribution is -2.54. The van der Waals surface area contributed by atoms with E-state index in [-0.39, 0.29) is 5.48 Å². The van der Waals surface area contributed by atoms with Crippen molar-refractivity contribution < 1.29 is 9.96 Å². The van der Waals surface area contributed by atoms with Gasteiger partial charge in [0.05, 0.1) is 26.7 Å². The summed E-state index contributed by atoms with van der Waals surface area (Å²) in [7, 11) is 2.48. The largest absolute Gasteiger partial charge is 0.870 e. The third-order valence-electron chi connectivity index (χ3n) is 5.60. The smallest absolute Gasteiger partial charge is 0.0882 e. The van der Waals surface area contributed by atoms with Crippen molar-refractivity contribution >= 4 is 11.6 Å². The van der Waals surface area contributed by atoms with Crippen molar-refractivity contribution in [3.05, 3.63) is 34.9 Å². The van der Waals surface area contributed by atoms with E-state index in [2.05, 4.69) is 31.3 Å². The van der Waals surface area contributed by atoms with Gasteiger partial charge in [-0.25, -0.2) is 0 Å². The van der Waals surface area contributed by atoms with Gasteiger partial charge in [-0.15, -0.1) is 0 Å². The number of piperidine rings is 1. The lowest BCUT2D eigenvalue weighted by atomic mass is 9.77. The molecule has 1 aromatic carbocycles. The normalized spacial score (nSPS) is 23.5. The van der Waals surface area contributed by atoms with Crippen molar-refractivity contribution in [2.75, 3.05) is 26.7 Å². The van der Waals surface area contributed by atoms with Gasteiger partial charge >= 0.3 is 0 Å². The van der Waals surface area contributed by atoms with Crippen LogP contribution in [0.15, 0.2) is 24.3 Å². The fraction of sp³-hybridized carbons (Fsp3) is 0.667. The quantitative estimate of drug-likeness (QED) is 0.750. The van der Waals surface area contributed by atoms with Crippen molar-refractivity contribution in [2.45, 2.75) is 50.4 Å². The van der Waals surface area contributed by atoms with E-state index < -0.39 is 0 Å². The third-order valence-corrected chi connectivity index (χ3v) is 5.85. The highest BCUT2D eigenvalue weighted by molar-refractivity contribution is 6.30. The summed E-state index contributed by atoms with van der Waals surface area (Å²) in [5.41, 5.74) is 1.95. The van der Waals surface area contributed by atoms with Crippen LogP contribution in [-0.4, -0.2) is 36.6 Å². The SMILES string of the molecule is C[N+]1(CC2(c3ccc(Cl)cc3)CCCC2)CCCCC1.[OH-]. The van der Waals surface area contributed by atoms with Gasteiger partial charge < -0.3 is 9.96 Å². The summed E-state index contributed by atoms with van der Waals surface area (Å²) in [4.78, 5) is 0. The molecule has 1 heterocycles. The first-order chi connectivity index (χ1) is 9.62. The second kappa shape index (κ2) is 6.68. The minimum atomic E-state index is 0. The molecule has 1 saturated heterocycles. The van der Waals surface area contributed by atoms with Gasteiger partial charge in [0.1, 0.15) is 0 Å². The number of hydrogen-bond donors (Lipinski definition) is 0. The minimum absolute atomic E-state index is 0. The van der Waals surface area contributed by atoms with Gasteiger partial charge in [0.2, 0.25) is 0 Å². The van der Waals surface area contributed by atoms with Crippen molar-refractivity contribution in [1.29, 1.82) is 0 Å². The Kier molecular flexibility index (Phi) is 5.34. The highest BCUT2D eigenvalue weighted by atomic mass is 35.5. The molecule has 0 bridgehead atoms. The molecule has 0 amide bonds. The van der Waals surface area contributed by atoms with Crippen LogP contribution in [0.5, 0.6) is 0 Å². The zero-order chi connectivity index (χ0) is 14.1. The zero-order valence-electron chi connectivity index (χ0n) is 13.2. The third kappa shape index (κ3) is 3.61. The van der Waals surface area contributed by atoms with Gasteiger partial charge in [0.25, 0.3) is 0 Å². The van der Waals surface area contributed by atoms with Gasteiger partial charge in [-0.2, -0.15) is 0 Å². The summed E-state index contributed by atoms with van der Waals surface area (Å²) < 4.78 is 1.28. The Morgan fingerprint density at radius 1 is 0.952 bits per heavy atom. The number of nitrogens with zero attached hydrogens (tertiary/aromatic N) is 1. The van der Waals surface area contributed by atoms with Crippen molar-refractivity contribution in [1.82, 2.24) is 0 Å². The van der Waals surface area contributed by atoms with E-state index in [0.29, 0.717) is 5.41 Å². The van der Waals surface area contributed by atoms with E-state index in [0.717, 1.165) is 5.02 Å². The van der Waals surface area contributed by atoms with E-state index in [1.54, 1.807) is 0 Å². The van der Waals surface area contributed by atoms with E-state index in [9.17, 15) is 0 Å². The first-order valence-electron chi connectivity index (χ1n) is 8.22. The molecule has 1 aliphatic heterocycles. The number of benzene rings is 1. The molecule has 0 unspecified atom stereocenters. The predicted octanol–water partition coefficient (Wildman–Crippen LogP) is 4.61. The van der Waals surface area contributed by atoms with Crippen molar-refractivity contribution in [3.63, 3.8) is 0 Å². The van der Waals surface area contributed by atoms with Gasteiger partial charge in [-0.3, -0.25) is 0 Å². The van der Waals surface area contributed by atoms with Gasteiger partial charge in [-0.05, 0) is 49.8 Å². The summed E-state index contributed by atoms with van der Waals surface area (Å²) in [5, 5.41) is 0.861. The molecular weight excluding hydrogens is 282 g/mol. The van der Waals surface area contributed by atoms with Crippen LogP contribution < -0.4 is 0 Å². The Morgan fingerprint density at radius 3 is 2.10 bits per heavy atom. The van der Waals surface area contributed by atoms with Gasteiger partial charge in [0, 0.05) is 10.4 Å². The Labute approximate surface area is 134 Å². The molecule has 118 valence electrons. The minimum Gasteiger partial charge on any atom is -0.870 e. The number of rotatable bonds is 3. The predicted molar refractivity (Wildman–Crippen MR) is 88.2 cm³/mol. The summed E-state index contributed by atoms with van der Waals surface area (Å²) in [5.74, 6) is 0. The molecular formula is C18H28ClNO. The molecule has 1 saturated carbocycles. The molecule has 3 heteroatoms. The number of quaternary nitrogens is 1. The lowest BCUT2D eigenvalue weighted by molar-refractivity contribution is -0.918. The summed E-state index contributed by atoms with van der Waals surface area (Å²) in [6.07, 6.45) is 9.76. The Bertz CT molecular complexity index is 445. The molecule has 2 nitrogen and oxygen atoms in total. The lowest BCUT2D eigenvalue weighted by Gasteiger charge is -2.44. The number of halogens is 1. The molecule has 0 spiro atoms. The summed E-state index contributed by atoms with van der Waals surface area (Å²) in [6, 6.07) is 8.72. The second-order valence-electron chi connectivity index (χ2n) is 7.28. The van der Waals surface area contributed by atoms with Crippen LogP contribution in [0.1, 0.15) is 50.5 Å². The maximum absolute atomic E-state index is 6.08. The Hall–Kier alpha value is -0.570. The maximum Gasteiger partial charge on any atom is 0.0882 e. The van der Waals surface area contributed by atoms with E-state index in [4.69, 9.17) is 11.6 Å². The highest BCUT2D eigenvalue weighted by Crippen LogP contribution is 2.43. The van der Waals surface area contributed by atoms with E-state index >= 15 is 0 Å². The summed E-state index contributed by atoms with van der Waals surface area (Å²) >= 11 is 6.08. The average molecular weight is 310 g/mol. The van der Waals surface area contributed by atoms with Crippen molar-refractivity contribution in [2.24, 2.45) is 0 Å². The second-order valence-corrected chi connectivity index (χ2v) is 7.72. The van der Waals surface area contributed by atoms with Crippen LogP contribution in [0, 0.1) is 0 Å². The van der Waals surface area contributed by atoms with E-state index in [1.165, 1.54) is 74.6 Å². The van der Waals surface area contributed by atoms with Crippen LogP contribution in [0.3, 0.4) is 0 Å². The van der Waals surface area contributed by atoms with Gasteiger partial charge in [0.15, 0.2) is 0 Å². The average Bonchev–Trinajstić information content (AvgIpc) is 2.89. The van der Waals surface area contributed by atoms with Crippen molar-refractivity contribution in [3.8, 4) is 0 Å². The maximum atomic E-state index is 6.08. The van der Waals surface area contributed by atoms with Crippen LogP contribution in [0.25, 0.3) is 0 Å². The highest BCUT2D eigenvalue weighted by Gasteiger charge is 2.42. The molecule has 1 aliphatic carbocycles. The van der Waals surface area contributed by atoms with Crippen LogP contribution in [-0.2, 0) is 5.41 Å². The topological polar surface area (TPSA) is 30.0 Å².